The highest BCUT2D eigenvalue weighted by atomic mass is 14.0. The molecule has 0 atom stereocenters. The molecule has 0 bridgehead atoms. The summed E-state index contributed by atoms with van der Waals surface area (Å²) < 4.78 is 0. The third-order valence-corrected chi connectivity index (χ3v) is 6.14. The Morgan fingerprint density at radius 1 is 0.552 bits per heavy atom. The molecule has 2 aromatic carbocycles. The highest BCUT2D eigenvalue weighted by Crippen LogP contribution is 2.18. The van der Waals surface area contributed by atoms with Gasteiger partial charge in [-0.25, -0.2) is 0 Å². The van der Waals surface area contributed by atoms with E-state index in [0.717, 1.165) is 0 Å². The van der Waals surface area contributed by atoms with Crippen LogP contribution < -0.4 is 0 Å². The Labute approximate surface area is 180 Å². The van der Waals surface area contributed by atoms with Gasteiger partial charge in [0.2, 0.25) is 0 Å². The van der Waals surface area contributed by atoms with E-state index in [9.17, 15) is 0 Å². The molecule has 0 aliphatic carbocycles. The Kier molecular flexibility index (Phi) is 13.3. The number of hydrogen-bond donors (Lipinski definition) is 0. The van der Waals surface area contributed by atoms with E-state index in [0.29, 0.717) is 0 Å². The zero-order valence-electron chi connectivity index (χ0n) is 19.0. The lowest BCUT2D eigenvalue weighted by molar-refractivity contribution is 0.533. The number of unbranched alkanes of at least 4 members (excludes halogenated alkanes) is 14. The third kappa shape index (κ3) is 11.3. The van der Waals surface area contributed by atoms with E-state index in [1.165, 1.54) is 119 Å². The van der Waals surface area contributed by atoms with Crippen molar-refractivity contribution in [2.24, 2.45) is 0 Å². The smallest absolute Gasteiger partial charge is 0.0181 e. The maximum atomic E-state index is 2.37. The largest absolute Gasteiger partial charge is 0.0917 e. The molecule has 0 nitrogen and oxygen atoms in total. The van der Waals surface area contributed by atoms with E-state index in [-0.39, 0.29) is 0 Å². The predicted molar refractivity (Wildman–Crippen MR) is 132 cm³/mol. The van der Waals surface area contributed by atoms with Gasteiger partial charge in [0.1, 0.15) is 0 Å². The molecule has 0 amide bonds. The number of rotatable bonds is 17. The van der Waals surface area contributed by atoms with Gasteiger partial charge in [-0.2, -0.15) is 0 Å². The molecule has 0 aliphatic rings. The summed E-state index contributed by atoms with van der Waals surface area (Å²) in [7, 11) is 0. The first kappa shape index (κ1) is 23.7. The SMILES string of the molecule is C/C=C/CCCCCCCCCCCCCCCCc1ccc2ccccc2c1. The lowest BCUT2D eigenvalue weighted by Gasteiger charge is -2.05. The molecule has 0 spiro atoms. The maximum absolute atomic E-state index is 2.37. The minimum Gasteiger partial charge on any atom is -0.0917 e. The first-order valence-corrected chi connectivity index (χ1v) is 12.5. The average molecular weight is 393 g/mol. The van der Waals surface area contributed by atoms with Gasteiger partial charge in [-0.3, -0.25) is 0 Å². The average Bonchev–Trinajstić information content (AvgIpc) is 2.76. The van der Waals surface area contributed by atoms with E-state index >= 15 is 0 Å². The summed E-state index contributed by atoms with van der Waals surface area (Å²) >= 11 is 0. The Bertz CT molecular complexity index is 667. The maximum Gasteiger partial charge on any atom is -0.0181 e. The molecule has 0 saturated carbocycles. The number of hydrogen-bond acceptors (Lipinski definition) is 0. The molecule has 0 fully saturated rings. The molecular weight excluding hydrogens is 348 g/mol. The molecule has 0 heterocycles. The van der Waals surface area contributed by atoms with Crippen molar-refractivity contribution < 1.29 is 0 Å². The molecule has 0 unspecified atom stereocenters. The third-order valence-electron chi connectivity index (χ3n) is 6.14. The minimum atomic E-state index is 1.24. The summed E-state index contributed by atoms with van der Waals surface area (Å²) in [6.07, 6.45) is 27.0. The molecule has 0 heteroatoms. The van der Waals surface area contributed by atoms with Gasteiger partial charge in [0.15, 0.2) is 0 Å². The standard InChI is InChI=1S/C29H44/c1-2-3-4-5-6-7-8-9-10-11-12-13-14-15-16-17-18-21-27-24-25-28-22-19-20-23-29(28)26-27/h2-3,19-20,22-26H,4-18,21H2,1H3/b3-2+. The van der Waals surface area contributed by atoms with Crippen LogP contribution in [0, 0.1) is 0 Å². The molecular formula is C29H44. The summed E-state index contributed by atoms with van der Waals surface area (Å²) in [5.74, 6) is 0. The van der Waals surface area contributed by atoms with E-state index in [4.69, 9.17) is 0 Å². The highest BCUT2D eigenvalue weighted by Gasteiger charge is 1.98. The number of allylic oxidation sites excluding steroid dienone is 2. The molecule has 0 aromatic heterocycles. The fraction of sp³-hybridized carbons (Fsp3) is 0.586. The Hall–Kier alpha value is -1.56. The first-order valence-electron chi connectivity index (χ1n) is 12.5. The van der Waals surface area contributed by atoms with Crippen LogP contribution in [0.15, 0.2) is 54.6 Å². The van der Waals surface area contributed by atoms with E-state index in [1.807, 2.05) is 0 Å². The Morgan fingerprint density at radius 2 is 1.07 bits per heavy atom. The second-order valence-electron chi connectivity index (χ2n) is 8.74. The summed E-state index contributed by atoms with van der Waals surface area (Å²) in [6.45, 7) is 2.12. The van der Waals surface area contributed by atoms with Crippen molar-refractivity contribution >= 4 is 10.8 Å². The van der Waals surface area contributed by atoms with Crippen LogP contribution in [0.3, 0.4) is 0 Å². The highest BCUT2D eigenvalue weighted by molar-refractivity contribution is 5.82. The van der Waals surface area contributed by atoms with Crippen molar-refractivity contribution in [1.29, 1.82) is 0 Å². The van der Waals surface area contributed by atoms with Gasteiger partial charge < -0.3 is 0 Å². The van der Waals surface area contributed by atoms with Crippen molar-refractivity contribution in [3.63, 3.8) is 0 Å². The summed E-state index contributed by atoms with van der Waals surface area (Å²) in [4.78, 5) is 0. The van der Waals surface area contributed by atoms with Crippen LogP contribution in [0.1, 0.15) is 109 Å². The fourth-order valence-corrected chi connectivity index (χ4v) is 4.27. The molecule has 0 aliphatic heterocycles. The van der Waals surface area contributed by atoms with Crippen molar-refractivity contribution in [3.05, 3.63) is 60.2 Å². The topological polar surface area (TPSA) is 0 Å². The van der Waals surface area contributed by atoms with Crippen LogP contribution in [0.25, 0.3) is 10.8 Å². The van der Waals surface area contributed by atoms with Gasteiger partial charge in [0.25, 0.3) is 0 Å². The lowest BCUT2D eigenvalue weighted by atomic mass is 10.0. The number of fused-ring (bicyclic) bond motifs is 1. The monoisotopic (exact) mass is 392 g/mol. The zero-order valence-corrected chi connectivity index (χ0v) is 19.0. The molecule has 160 valence electrons. The van der Waals surface area contributed by atoms with Gasteiger partial charge in [0, 0.05) is 0 Å². The van der Waals surface area contributed by atoms with E-state index < -0.39 is 0 Å². The van der Waals surface area contributed by atoms with Crippen molar-refractivity contribution in [2.45, 2.75) is 110 Å². The lowest BCUT2D eigenvalue weighted by Crippen LogP contribution is -1.87. The molecule has 2 rings (SSSR count). The first-order chi connectivity index (χ1) is 14.4. The van der Waals surface area contributed by atoms with Gasteiger partial charge in [-0.15, -0.1) is 0 Å². The summed E-state index contributed by atoms with van der Waals surface area (Å²) in [5.41, 5.74) is 1.50. The molecule has 29 heavy (non-hydrogen) atoms. The predicted octanol–water partition coefficient (Wildman–Crippen LogP) is 9.81. The number of aryl methyl sites for hydroxylation is 1. The van der Waals surface area contributed by atoms with Crippen LogP contribution in [-0.2, 0) is 6.42 Å². The molecule has 0 saturated heterocycles. The molecule has 0 radical (unpaired) electrons. The second-order valence-corrected chi connectivity index (χ2v) is 8.74. The van der Waals surface area contributed by atoms with Crippen molar-refractivity contribution in [3.8, 4) is 0 Å². The van der Waals surface area contributed by atoms with E-state index in [1.54, 1.807) is 0 Å². The van der Waals surface area contributed by atoms with Crippen molar-refractivity contribution in [1.82, 2.24) is 0 Å². The zero-order chi connectivity index (χ0) is 20.4. The normalized spacial score (nSPS) is 11.6. The fourth-order valence-electron chi connectivity index (χ4n) is 4.27. The van der Waals surface area contributed by atoms with E-state index in [2.05, 4.69) is 61.5 Å². The Morgan fingerprint density at radius 3 is 1.66 bits per heavy atom. The van der Waals surface area contributed by atoms with Crippen LogP contribution in [0.2, 0.25) is 0 Å². The van der Waals surface area contributed by atoms with Crippen molar-refractivity contribution in [2.75, 3.05) is 0 Å². The summed E-state index contributed by atoms with van der Waals surface area (Å²) in [6, 6.07) is 15.6. The van der Waals surface area contributed by atoms with Gasteiger partial charge in [0.05, 0.1) is 0 Å². The van der Waals surface area contributed by atoms with Crippen LogP contribution >= 0.6 is 0 Å². The minimum absolute atomic E-state index is 1.24. The van der Waals surface area contributed by atoms with Gasteiger partial charge in [-0.05, 0) is 48.9 Å². The Balaban J connectivity index is 1.34. The summed E-state index contributed by atoms with van der Waals surface area (Å²) in [5, 5.41) is 2.74. The van der Waals surface area contributed by atoms with Crippen LogP contribution in [-0.4, -0.2) is 0 Å². The second kappa shape index (κ2) is 16.3. The van der Waals surface area contributed by atoms with Crippen LogP contribution in [0.5, 0.6) is 0 Å². The quantitative estimate of drug-likeness (QED) is 0.185. The van der Waals surface area contributed by atoms with Gasteiger partial charge >= 0.3 is 0 Å². The number of benzene rings is 2. The van der Waals surface area contributed by atoms with Gasteiger partial charge in [-0.1, -0.05) is 132 Å². The van der Waals surface area contributed by atoms with Crippen LogP contribution in [0.4, 0.5) is 0 Å². The molecule has 0 N–H and O–H groups in total. The molecule has 2 aromatic rings.